The van der Waals surface area contributed by atoms with Gasteiger partial charge in [-0.1, -0.05) is 54.6 Å². The van der Waals surface area contributed by atoms with Crippen molar-refractivity contribution in [2.75, 3.05) is 0 Å². The Bertz CT molecular complexity index is 1120. The predicted octanol–water partition coefficient (Wildman–Crippen LogP) is 5.68. The Morgan fingerprint density at radius 2 is 1.66 bits per heavy atom. The van der Waals surface area contributed by atoms with E-state index in [2.05, 4.69) is 15.0 Å². The van der Waals surface area contributed by atoms with Gasteiger partial charge in [-0.3, -0.25) is 0 Å². The first kappa shape index (κ1) is 19.0. The molecule has 0 radical (unpaired) electrons. The minimum Gasteiger partial charge on any atom is -0.444 e. The Morgan fingerprint density at radius 3 is 2.52 bits per heavy atom. The van der Waals surface area contributed by atoms with Gasteiger partial charge in [0.1, 0.15) is 12.0 Å². The van der Waals surface area contributed by atoms with Gasteiger partial charge in [0.15, 0.2) is 0 Å². The topological polar surface area (TPSA) is 47.3 Å². The van der Waals surface area contributed by atoms with Gasteiger partial charge in [-0.05, 0) is 22.9 Å². The van der Waals surface area contributed by atoms with E-state index in [1.54, 1.807) is 18.4 Å². The van der Waals surface area contributed by atoms with Crippen LogP contribution in [0.5, 0.6) is 5.75 Å². The lowest BCUT2D eigenvalue weighted by atomic mass is 10.0. The van der Waals surface area contributed by atoms with E-state index in [1.165, 1.54) is 12.1 Å². The molecule has 0 unspecified atom stereocenters. The van der Waals surface area contributed by atoms with Crippen molar-refractivity contribution < 1.29 is 22.3 Å². The van der Waals surface area contributed by atoms with Crippen LogP contribution in [-0.4, -0.2) is 11.3 Å². The fourth-order valence-corrected chi connectivity index (χ4v) is 3.12. The van der Waals surface area contributed by atoms with Gasteiger partial charge in [-0.15, -0.1) is 13.2 Å². The number of nitrogens with zero attached hydrogens (tertiary/aromatic N) is 1. The Morgan fingerprint density at radius 1 is 0.897 bits per heavy atom. The molecule has 0 saturated carbocycles. The van der Waals surface area contributed by atoms with Crippen LogP contribution in [-0.2, 0) is 13.1 Å². The highest BCUT2D eigenvalue weighted by atomic mass is 19.4. The summed E-state index contributed by atoms with van der Waals surface area (Å²) >= 11 is 0. The smallest absolute Gasteiger partial charge is 0.444 e. The van der Waals surface area contributed by atoms with Crippen LogP contribution in [0.4, 0.5) is 13.2 Å². The van der Waals surface area contributed by atoms with Crippen LogP contribution in [0.15, 0.2) is 77.4 Å². The zero-order valence-electron chi connectivity index (χ0n) is 15.2. The molecule has 0 spiro atoms. The second-order valence-corrected chi connectivity index (χ2v) is 6.43. The monoisotopic (exact) mass is 398 g/mol. The molecule has 148 valence electrons. The summed E-state index contributed by atoms with van der Waals surface area (Å²) in [5.74, 6) is 0.281. The number of aromatic nitrogens is 1. The van der Waals surface area contributed by atoms with Gasteiger partial charge < -0.3 is 14.5 Å². The number of benzene rings is 3. The molecule has 4 nitrogen and oxygen atoms in total. The van der Waals surface area contributed by atoms with E-state index < -0.39 is 6.36 Å². The molecule has 7 heteroatoms. The Balaban J connectivity index is 1.45. The number of alkyl halides is 3. The molecule has 1 heterocycles. The fourth-order valence-electron chi connectivity index (χ4n) is 3.12. The molecule has 0 aliphatic carbocycles. The number of nitrogens with one attached hydrogen (secondary N) is 1. The van der Waals surface area contributed by atoms with Crippen molar-refractivity contribution in [3.05, 3.63) is 84.3 Å². The average Bonchev–Trinajstić information content (AvgIpc) is 3.16. The zero-order chi connectivity index (χ0) is 20.3. The molecule has 4 rings (SSSR count). The maximum absolute atomic E-state index is 12.5. The zero-order valence-corrected chi connectivity index (χ0v) is 15.2. The number of hydrogen-bond donors (Lipinski definition) is 1. The minimum atomic E-state index is -4.73. The highest BCUT2D eigenvalue weighted by Crippen LogP contribution is 2.28. The van der Waals surface area contributed by atoms with E-state index in [4.69, 9.17) is 4.42 Å². The normalized spacial score (nSPS) is 11.7. The molecule has 3 aromatic carbocycles. The van der Waals surface area contributed by atoms with Crippen molar-refractivity contribution in [3.63, 3.8) is 0 Å². The molecule has 0 saturated heterocycles. The van der Waals surface area contributed by atoms with Gasteiger partial charge in [0.25, 0.3) is 0 Å². The lowest BCUT2D eigenvalue weighted by Gasteiger charge is -2.13. The van der Waals surface area contributed by atoms with E-state index in [-0.39, 0.29) is 12.3 Å². The van der Waals surface area contributed by atoms with Crippen LogP contribution in [0.2, 0.25) is 0 Å². The van der Waals surface area contributed by atoms with Gasteiger partial charge >= 0.3 is 6.36 Å². The van der Waals surface area contributed by atoms with Crippen LogP contribution >= 0.6 is 0 Å². The number of fused-ring (bicyclic) bond motifs is 1. The van der Waals surface area contributed by atoms with Gasteiger partial charge in [0, 0.05) is 24.2 Å². The third-order valence-corrected chi connectivity index (χ3v) is 4.39. The summed E-state index contributed by atoms with van der Waals surface area (Å²) in [6.45, 7) is 0.539. The van der Waals surface area contributed by atoms with Crippen molar-refractivity contribution in [2.24, 2.45) is 0 Å². The lowest BCUT2D eigenvalue weighted by molar-refractivity contribution is -0.274. The maximum Gasteiger partial charge on any atom is 0.573 e. The van der Waals surface area contributed by atoms with Crippen molar-refractivity contribution in [3.8, 4) is 17.2 Å². The number of halogens is 3. The van der Waals surface area contributed by atoms with Crippen molar-refractivity contribution in [2.45, 2.75) is 19.5 Å². The largest absolute Gasteiger partial charge is 0.573 e. The number of para-hydroxylation sites is 1. The van der Waals surface area contributed by atoms with Gasteiger partial charge in [-0.25, -0.2) is 4.98 Å². The number of ether oxygens (including phenoxy) is 1. The third-order valence-electron chi connectivity index (χ3n) is 4.39. The summed E-state index contributed by atoms with van der Waals surface area (Å²) < 4.78 is 47.2. The average molecular weight is 398 g/mol. The van der Waals surface area contributed by atoms with Gasteiger partial charge in [0.2, 0.25) is 5.89 Å². The standard InChI is InChI=1S/C22H17F3N2O2/c23-22(24,25)29-20-11-4-2-7-16(20)12-26-13-17-14-28-21(27-17)19-10-5-8-15-6-1-3-9-18(15)19/h1-11,14,26H,12-13H2. The lowest BCUT2D eigenvalue weighted by Crippen LogP contribution is -2.20. The van der Waals surface area contributed by atoms with Crippen LogP contribution in [0.3, 0.4) is 0 Å². The summed E-state index contributed by atoms with van der Waals surface area (Å²) in [5.41, 5.74) is 1.95. The van der Waals surface area contributed by atoms with Crippen molar-refractivity contribution >= 4 is 10.8 Å². The highest BCUT2D eigenvalue weighted by Gasteiger charge is 2.31. The number of oxazole rings is 1. The van der Waals surface area contributed by atoms with Crippen molar-refractivity contribution in [1.29, 1.82) is 0 Å². The van der Waals surface area contributed by atoms with Crippen LogP contribution in [0.25, 0.3) is 22.2 Å². The van der Waals surface area contributed by atoms with E-state index >= 15 is 0 Å². The Kier molecular flexibility index (Phi) is 5.22. The predicted molar refractivity (Wildman–Crippen MR) is 103 cm³/mol. The van der Waals surface area contributed by atoms with Crippen LogP contribution in [0.1, 0.15) is 11.3 Å². The molecule has 0 atom stereocenters. The summed E-state index contributed by atoms with van der Waals surface area (Å²) in [6, 6.07) is 19.9. The summed E-state index contributed by atoms with van der Waals surface area (Å²) in [5, 5.41) is 5.20. The maximum atomic E-state index is 12.5. The summed E-state index contributed by atoms with van der Waals surface area (Å²) in [4.78, 5) is 4.50. The fraction of sp³-hybridized carbons (Fsp3) is 0.136. The molecule has 0 aliphatic rings. The molecule has 29 heavy (non-hydrogen) atoms. The van der Waals surface area contributed by atoms with Gasteiger partial charge in [0.05, 0.1) is 5.69 Å². The third kappa shape index (κ3) is 4.57. The summed E-state index contributed by atoms with van der Waals surface area (Å²) in [6.07, 6.45) is -3.18. The number of hydrogen-bond acceptors (Lipinski definition) is 4. The second-order valence-electron chi connectivity index (χ2n) is 6.43. The molecular weight excluding hydrogens is 381 g/mol. The molecule has 0 aliphatic heterocycles. The minimum absolute atomic E-state index is 0.197. The molecule has 0 fully saturated rings. The molecular formula is C22H17F3N2O2. The first-order valence-corrected chi connectivity index (χ1v) is 8.96. The molecule has 0 amide bonds. The molecule has 0 bridgehead atoms. The van der Waals surface area contributed by atoms with Gasteiger partial charge in [-0.2, -0.15) is 0 Å². The Hall–Kier alpha value is -3.32. The molecule has 1 aromatic heterocycles. The highest BCUT2D eigenvalue weighted by molar-refractivity contribution is 5.94. The van der Waals surface area contributed by atoms with E-state index in [0.29, 0.717) is 23.7 Å². The molecule has 1 N–H and O–H groups in total. The SMILES string of the molecule is FC(F)(F)Oc1ccccc1CNCc1coc(-c2cccc3ccccc23)n1. The first-order chi connectivity index (χ1) is 14.0. The van der Waals surface area contributed by atoms with E-state index in [9.17, 15) is 13.2 Å². The van der Waals surface area contributed by atoms with Crippen molar-refractivity contribution in [1.82, 2.24) is 10.3 Å². The van der Waals surface area contributed by atoms with Crippen LogP contribution < -0.4 is 10.1 Å². The van der Waals surface area contributed by atoms with Crippen LogP contribution in [0, 0.1) is 0 Å². The van der Waals surface area contributed by atoms with E-state index in [0.717, 1.165) is 16.3 Å². The second kappa shape index (κ2) is 7.97. The van der Waals surface area contributed by atoms with E-state index in [1.807, 2.05) is 42.5 Å². The Labute approximate surface area is 164 Å². The molecule has 4 aromatic rings. The summed E-state index contributed by atoms with van der Waals surface area (Å²) in [7, 11) is 0. The first-order valence-electron chi connectivity index (χ1n) is 8.96. The number of rotatable bonds is 6. The quantitative estimate of drug-likeness (QED) is 0.454.